The van der Waals surface area contributed by atoms with E-state index >= 15 is 0 Å². The van der Waals surface area contributed by atoms with E-state index in [1.54, 1.807) is 7.11 Å². The fourth-order valence-corrected chi connectivity index (χ4v) is 2.12. The second-order valence-electron chi connectivity index (χ2n) is 3.42. The largest absolute Gasteiger partial charge is 0.380 e. The van der Waals surface area contributed by atoms with Crippen LogP contribution in [0.2, 0.25) is 0 Å². The molecule has 5 nitrogen and oxygen atoms in total. The van der Waals surface area contributed by atoms with Gasteiger partial charge in [-0.2, -0.15) is 0 Å². The molecule has 1 atom stereocenters. The molecular weight excluding hydrogens is 216 g/mol. The summed E-state index contributed by atoms with van der Waals surface area (Å²) in [5.74, 6) is 0.163. The molecule has 0 saturated carbocycles. The van der Waals surface area contributed by atoms with Gasteiger partial charge in [0.25, 0.3) is 0 Å². The second-order valence-corrected chi connectivity index (χ2v) is 5.35. The van der Waals surface area contributed by atoms with Crippen molar-refractivity contribution in [2.24, 2.45) is 0 Å². The minimum Gasteiger partial charge on any atom is -0.380 e. The van der Waals surface area contributed by atoms with E-state index in [9.17, 15) is 8.42 Å². The topological polar surface area (TPSA) is 67.4 Å². The highest BCUT2D eigenvalue weighted by molar-refractivity contribution is 7.89. The summed E-state index contributed by atoms with van der Waals surface area (Å²) in [4.78, 5) is 0. The SMILES string of the molecule is CCNCCCS(=O)(=O)NCC(C)OC. The molecule has 0 spiro atoms. The van der Waals surface area contributed by atoms with Crippen LogP contribution in [0.1, 0.15) is 20.3 Å². The smallest absolute Gasteiger partial charge is 0.211 e. The van der Waals surface area contributed by atoms with Gasteiger partial charge in [0.05, 0.1) is 11.9 Å². The molecule has 0 fully saturated rings. The molecule has 0 aliphatic carbocycles. The molecule has 0 aliphatic rings. The van der Waals surface area contributed by atoms with Gasteiger partial charge < -0.3 is 10.1 Å². The summed E-state index contributed by atoms with van der Waals surface area (Å²) < 4.78 is 30.3. The Morgan fingerprint density at radius 3 is 2.60 bits per heavy atom. The maximum atomic E-state index is 11.4. The average molecular weight is 238 g/mol. The Morgan fingerprint density at radius 2 is 2.07 bits per heavy atom. The van der Waals surface area contributed by atoms with Gasteiger partial charge in [0, 0.05) is 13.7 Å². The molecular formula is C9H22N2O3S. The Labute approximate surface area is 92.6 Å². The molecule has 0 saturated heterocycles. The molecule has 0 heterocycles. The normalized spacial score (nSPS) is 14.1. The molecule has 0 radical (unpaired) electrons. The van der Waals surface area contributed by atoms with Gasteiger partial charge in [0.1, 0.15) is 0 Å². The Kier molecular flexibility index (Phi) is 7.95. The lowest BCUT2D eigenvalue weighted by atomic mass is 10.4. The van der Waals surface area contributed by atoms with Crippen LogP contribution < -0.4 is 10.0 Å². The van der Waals surface area contributed by atoms with E-state index in [-0.39, 0.29) is 11.9 Å². The molecule has 2 N–H and O–H groups in total. The van der Waals surface area contributed by atoms with Crippen LogP contribution in [0.5, 0.6) is 0 Å². The Balaban J connectivity index is 3.68. The lowest BCUT2D eigenvalue weighted by Crippen LogP contribution is -2.34. The highest BCUT2D eigenvalue weighted by Gasteiger charge is 2.10. The monoisotopic (exact) mass is 238 g/mol. The molecule has 15 heavy (non-hydrogen) atoms. The number of rotatable bonds is 9. The van der Waals surface area contributed by atoms with Crippen molar-refractivity contribution in [2.45, 2.75) is 26.4 Å². The van der Waals surface area contributed by atoms with E-state index in [1.165, 1.54) is 0 Å². The molecule has 1 unspecified atom stereocenters. The van der Waals surface area contributed by atoms with Gasteiger partial charge in [-0.15, -0.1) is 0 Å². The summed E-state index contributed by atoms with van der Waals surface area (Å²) in [6.45, 7) is 5.75. The van der Waals surface area contributed by atoms with E-state index in [2.05, 4.69) is 10.0 Å². The van der Waals surface area contributed by atoms with Crippen LogP contribution in [0.4, 0.5) is 0 Å². The maximum absolute atomic E-state index is 11.4. The minimum absolute atomic E-state index is 0.0893. The summed E-state index contributed by atoms with van der Waals surface area (Å²) in [5, 5.41) is 3.08. The zero-order valence-corrected chi connectivity index (χ0v) is 10.6. The Bertz CT molecular complexity index is 242. The third kappa shape index (κ3) is 8.80. The maximum Gasteiger partial charge on any atom is 0.211 e. The van der Waals surface area contributed by atoms with Crippen molar-refractivity contribution in [1.29, 1.82) is 0 Å². The predicted octanol–water partition coefficient (Wildman–Crippen LogP) is -0.0597. The molecule has 0 aromatic carbocycles. The van der Waals surface area contributed by atoms with E-state index < -0.39 is 10.0 Å². The first-order valence-electron chi connectivity index (χ1n) is 5.22. The molecule has 0 bridgehead atoms. The van der Waals surface area contributed by atoms with Crippen LogP contribution in [0.3, 0.4) is 0 Å². The van der Waals surface area contributed by atoms with Crippen molar-refractivity contribution < 1.29 is 13.2 Å². The minimum atomic E-state index is -3.14. The van der Waals surface area contributed by atoms with Crippen molar-refractivity contribution in [2.75, 3.05) is 32.5 Å². The number of ether oxygens (including phenoxy) is 1. The molecule has 0 aromatic rings. The number of hydrogen-bond acceptors (Lipinski definition) is 4. The van der Waals surface area contributed by atoms with Crippen LogP contribution in [0.15, 0.2) is 0 Å². The van der Waals surface area contributed by atoms with E-state index in [1.807, 2.05) is 13.8 Å². The first-order chi connectivity index (χ1) is 7.02. The number of methoxy groups -OCH3 is 1. The Hall–Kier alpha value is -0.170. The first-order valence-corrected chi connectivity index (χ1v) is 6.88. The molecule has 0 amide bonds. The third-order valence-corrected chi connectivity index (χ3v) is 3.44. The van der Waals surface area contributed by atoms with Crippen molar-refractivity contribution in [3.63, 3.8) is 0 Å². The van der Waals surface area contributed by atoms with Gasteiger partial charge in [0.2, 0.25) is 10.0 Å². The van der Waals surface area contributed by atoms with Crippen LogP contribution in [-0.2, 0) is 14.8 Å². The van der Waals surface area contributed by atoms with Crippen LogP contribution in [-0.4, -0.2) is 47.0 Å². The summed E-state index contributed by atoms with van der Waals surface area (Å²) in [5.41, 5.74) is 0. The number of hydrogen-bond donors (Lipinski definition) is 2. The molecule has 0 aliphatic heterocycles. The molecule has 6 heteroatoms. The number of nitrogens with one attached hydrogen (secondary N) is 2. The van der Waals surface area contributed by atoms with E-state index in [0.29, 0.717) is 13.0 Å². The van der Waals surface area contributed by atoms with Gasteiger partial charge >= 0.3 is 0 Å². The van der Waals surface area contributed by atoms with Gasteiger partial charge in [-0.05, 0) is 26.4 Å². The standard InChI is InChI=1S/C9H22N2O3S/c1-4-10-6-5-7-15(12,13)11-8-9(2)14-3/h9-11H,4-8H2,1-3H3. The lowest BCUT2D eigenvalue weighted by Gasteiger charge is -2.11. The first kappa shape index (κ1) is 14.8. The van der Waals surface area contributed by atoms with Gasteiger partial charge in [-0.1, -0.05) is 6.92 Å². The van der Waals surface area contributed by atoms with E-state index in [4.69, 9.17) is 4.74 Å². The Morgan fingerprint density at radius 1 is 1.40 bits per heavy atom. The van der Waals surface area contributed by atoms with Gasteiger partial charge in [-0.25, -0.2) is 13.1 Å². The predicted molar refractivity (Wildman–Crippen MR) is 61.4 cm³/mol. The summed E-state index contributed by atoms with van der Waals surface area (Å²) in [6, 6.07) is 0. The zero-order valence-electron chi connectivity index (χ0n) is 9.75. The van der Waals surface area contributed by atoms with E-state index in [0.717, 1.165) is 13.1 Å². The average Bonchev–Trinajstić information content (AvgIpc) is 2.21. The molecule has 92 valence electrons. The quantitative estimate of drug-likeness (QED) is 0.552. The van der Waals surface area contributed by atoms with Crippen LogP contribution in [0.25, 0.3) is 0 Å². The third-order valence-electron chi connectivity index (χ3n) is 2.01. The van der Waals surface area contributed by atoms with Crippen molar-refractivity contribution >= 4 is 10.0 Å². The molecule has 0 aromatic heterocycles. The van der Waals surface area contributed by atoms with Crippen LogP contribution >= 0.6 is 0 Å². The van der Waals surface area contributed by atoms with Gasteiger partial charge in [0.15, 0.2) is 0 Å². The summed E-state index contributed by atoms with van der Waals surface area (Å²) in [7, 11) is -1.58. The van der Waals surface area contributed by atoms with Crippen molar-refractivity contribution in [3.8, 4) is 0 Å². The molecule has 0 rings (SSSR count). The fraction of sp³-hybridized carbons (Fsp3) is 1.00. The summed E-state index contributed by atoms with van der Waals surface area (Å²) in [6.07, 6.45) is 0.540. The highest BCUT2D eigenvalue weighted by atomic mass is 32.2. The van der Waals surface area contributed by atoms with Crippen LogP contribution in [0, 0.1) is 0 Å². The number of sulfonamides is 1. The fourth-order valence-electron chi connectivity index (χ4n) is 0.964. The second kappa shape index (κ2) is 8.04. The van der Waals surface area contributed by atoms with Crippen molar-refractivity contribution in [1.82, 2.24) is 10.0 Å². The van der Waals surface area contributed by atoms with Crippen molar-refractivity contribution in [3.05, 3.63) is 0 Å². The summed E-state index contributed by atoms with van der Waals surface area (Å²) >= 11 is 0. The lowest BCUT2D eigenvalue weighted by molar-refractivity contribution is 0.122. The zero-order chi connectivity index (χ0) is 11.7. The van der Waals surface area contributed by atoms with Gasteiger partial charge in [-0.3, -0.25) is 0 Å². The highest BCUT2D eigenvalue weighted by Crippen LogP contribution is 1.91.